The van der Waals surface area contributed by atoms with E-state index in [1.165, 1.54) is 19.4 Å². The molecule has 1 aliphatic rings. The summed E-state index contributed by atoms with van der Waals surface area (Å²) < 4.78 is 5.27. The molecule has 2 rings (SSSR count). The van der Waals surface area contributed by atoms with Gasteiger partial charge in [0.25, 0.3) is 5.91 Å². The first kappa shape index (κ1) is 19.0. The normalized spacial score (nSPS) is 21.1. The maximum Gasteiger partial charge on any atom is 0.338 e. The van der Waals surface area contributed by atoms with Gasteiger partial charge in [-0.1, -0.05) is 25.8 Å². The van der Waals surface area contributed by atoms with Crippen LogP contribution in [0, 0.1) is 5.92 Å². The number of hydrogen-bond acceptors (Lipinski definition) is 4. The smallest absolute Gasteiger partial charge is 0.338 e. The molecule has 0 unspecified atom stereocenters. The first-order valence-electron chi connectivity index (χ1n) is 8.76. The molecule has 0 aliphatic heterocycles. The molecule has 0 bridgehead atoms. The minimum Gasteiger partial charge on any atom is -0.449 e. The number of rotatable bonds is 5. The Balaban J connectivity index is 1.92. The third kappa shape index (κ3) is 5.59. The molecule has 3 atom stereocenters. The lowest BCUT2D eigenvalue weighted by atomic mass is 9.86. The quantitative estimate of drug-likeness (QED) is 0.803. The van der Waals surface area contributed by atoms with Crippen LogP contribution in [0.4, 0.5) is 5.69 Å². The van der Waals surface area contributed by atoms with Gasteiger partial charge in [0.1, 0.15) is 0 Å². The van der Waals surface area contributed by atoms with E-state index in [-0.39, 0.29) is 23.4 Å². The molecule has 2 N–H and O–H groups in total. The zero-order chi connectivity index (χ0) is 18.4. The van der Waals surface area contributed by atoms with E-state index in [1.54, 1.807) is 25.1 Å². The van der Waals surface area contributed by atoms with Gasteiger partial charge in [-0.25, -0.2) is 4.79 Å². The van der Waals surface area contributed by atoms with Gasteiger partial charge in [0.15, 0.2) is 6.10 Å². The fourth-order valence-electron chi connectivity index (χ4n) is 3.04. The van der Waals surface area contributed by atoms with Gasteiger partial charge in [0.05, 0.1) is 5.56 Å². The molecule has 1 saturated carbocycles. The summed E-state index contributed by atoms with van der Waals surface area (Å²) >= 11 is 0. The van der Waals surface area contributed by atoms with Crippen LogP contribution >= 0.6 is 0 Å². The van der Waals surface area contributed by atoms with Crippen molar-refractivity contribution >= 4 is 23.5 Å². The SMILES string of the molecule is CC(=O)Nc1cccc(C(=O)O[C@H](C)C(=O)N[C@H]2CCCC[C@@H]2C)c1. The topological polar surface area (TPSA) is 84.5 Å². The average Bonchev–Trinajstić information content (AvgIpc) is 2.56. The molecular weight excluding hydrogens is 320 g/mol. The Hall–Kier alpha value is -2.37. The summed E-state index contributed by atoms with van der Waals surface area (Å²) in [6, 6.07) is 6.58. The molecule has 1 aromatic carbocycles. The van der Waals surface area contributed by atoms with Crippen LogP contribution in [0.15, 0.2) is 24.3 Å². The van der Waals surface area contributed by atoms with E-state index < -0.39 is 12.1 Å². The molecule has 0 aromatic heterocycles. The van der Waals surface area contributed by atoms with Crippen LogP contribution in [0.25, 0.3) is 0 Å². The van der Waals surface area contributed by atoms with Gasteiger partial charge in [-0.15, -0.1) is 0 Å². The fraction of sp³-hybridized carbons (Fsp3) is 0.526. The predicted molar refractivity (Wildman–Crippen MR) is 95.2 cm³/mol. The Morgan fingerprint density at radius 1 is 1.20 bits per heavy atom. The lowest BCUT2D eigenvalue weighted by molar-refractivity contribution is -0.130. The van der Waals surface area contributed by atoms with E-state index in [1.807, 2.05) is 0 Å². The Bertz CT molecular complexity index is 644. The molecule has 1 aromatic rings. The molecule has 6 nitrogen and oxygen atoms in total. The number of esters is 1. The lowest BCUT2D eigenvalue weighted by Gasteiger charge is -2.30. The zero-order valence-electron chi connectivity index (χ0n) is 15.0. The fourth-order valence-corrected chi connectivity index (χ4v) is 3.04. The molecule has 25 heavy (non-hydrogen) atoms. The van der Waals surface area contributed by atoms with Gasteiger partial charge in [0, 0.05) is 18.7 Å². The van der Waals surface area contributed by atoms with E-state index in [4.69, 9.17) is 4.74 Å². The van der Waals surface area contributed by atoms with E-state index >= 15 is 0 Å². The average molecular weight is 346 g/mol. The van der Waals surface area contributed by atoms with Gasteiger partial charge >= 0.3 is 5.97 Å². The first-order chi connectivity index (χ1) is 11.9. The van der Waals surface area contributed by atoms with E-state index in [2.05, 4.69) is 17.6 Å². The highest BCUT2D eigenvalue weighted by Gasteiger charge is 2.26. The van der Waals surface area contributed by atoms with Crippen molar-refractivity contribution < 1.29 is 19.1 Å². The summed E-state index contributed by atoms with van der Waals surface area (Å²) in [6.07, 6.45) is 3.51. The van der Waals surface area contributed by atoms with Crippen LogP contribution in [0.5, 0.6) is 0 Å². The molecule has 2 amide bonds. The van der Waals surface area contributed by atoms with Crippen molar-refractivity contribution in [3.8, 4) is 0 Å². The van der Waals surface area contributed by atoms with Gasteiger partial charge in [-0.3, -0.25) is 9.59 Å². The highest BCUT2D eigenvalue weighted by Crippen LogP contribution is 2.23. The molecule has 1 aliphatic carbocycles. The third-order valence-corrected chi connectivity index (χ3v) is 4.51. The first-order valence-corrected chi connectivity index (χ1v) is 8.76. The minimum absolute atomic E-state index is 0.144. The van der Waals surface area contributed by atoms with Crippen molar-refractivity contribution in [1.29, 1.82) is 0 Å². The van der Waals surface area contributed by atoms with Crippen LogP contribution in [0.2, 0.25) is 0 Å². The number of benzene rings is 1. The number of amides is 2. The summed E-state index contributed by atoms with van der Waals surface area (Å²) in [6.45, 7) is 5.09. The second kappa shape index (κ2) is 8.65. The number of carbonyl (C=O) groups is 3. The van der Waals surface area contributed by atoms with Crippen LogP contribution in [-0.2, 0) is 14.3 Å². The predicted octanol–water partition coefficient (Wildman–Crippen LogP) is 2.89. The summed E-state index contributed by atoms with van der Waals surface area (Å²) in [5.74, 6) is -0.647. The number of ether oxygens (including phenoxy) is 1. The van der Waals surface area contributed by atoms with E-state index in [9.17, 15) is 14.4 Å². The number of carbonyl (C=O) groups excluding carboxylic acids is 3. The monoisotopic (exact) mass is 346 g/mol. The minimum atomic E-state index is -0.869. The van der Waals surface area contributed by atoms with Crippen LogP contribution in [0.3, 0.4) is 0 Å². The Morgan fingerprint density at radius 2 is 1.92 bits per heavy atom. The van der Waals surface area contributed by atoms with Crippen LogP contribution < -0.4 is 10.6 Å². The zero-order valence-corrected chi connectivity index (χ0v) is 15.0. The van der Waals surface area contributed by atoms with Gasteiger partial charge in [-0.2, -0.15) is 0 Å². The van der Waals surface area contributed by atoms with Crippen molar-refractivity contribution in [1.82, 2.24) is 5.32 Å². The highest BCUT2D eigenvalue weighted by molar-refractivity contribution is 5.95. The largest absolute Gasteiger partial charge is 0.449 e. The summed E-state index contributed by atoms with van der Waals surface area (Å²) in [5, 5.41) is 5.60. The van der Waals surface area contributed by atoms with Crippen LogP contribution in [0.1, 0.15) is 56.8 Å². The maximum absolute atomic E-state index is 12.3. The Morgan fingerprint density at radius 3 is 2.60 bits per heavy atom. The highest BCUT2D eigenvalue weighted by atomic mass is 16.5. The summed E-state index contributed by atoms with van der Waals surface area (Å²) in [4.78, 5) is 35.6. The molecule has 1 fully saturated rings. The molecule has 0 spiro atoms. The van der Waals surface area contributed by atoms with Crippen molar-refractivity contribution in [3.05, 3.63) is 29.8 Å². The van der Waals surface area contributed by atoms with Crippen molar-refractivity contribution in [3.63, 3.8) is 0 Å². The molecule has 6 heteroatoms. The Kier molecular flexibility index (Phi) is 6.56. The molecule has 0 radical (unpaired) electrons. The maximum atomic E-state index is 12.3. The van der Waals surface area contributed by atoms with Crippen molar-refractivity contribution in [2.45, 2.75) is 58.6 Å². The van der Waals surface area contributed by atoms with Gasteiger partial charge in [-0.05, 0) is 43.9 Å². The van der Waals surface area contributed by atoms with E-state index in [0.29, 0.717) is 11.6 Å². The van der Waals surface area contributed by atoms with Gasteiger partial charge in [0.2, 0.25) is 5.91 Å². The number of nitrogens with one attached hydrogen (secondary N) is 2. The Labute approximate surface area is 148 Å². The summed E-state index contributed by atoms with van der Waals surface area (Å²) in [7, 11) is 0. The summed E-state index contributed by atoms with van der Waals surface area (Å²) in [5.41, 5.74) is 0.798. The number of anilines is 1. The second-order valence-electron chi connectivity index (χ2n) is 6.69. The second-order valence-corrected chi connectivity index (χ2v) is 6.69. The molecule has 0 saturated heterocycles. The van der Waals surface area contributed by atoms with Crippen molar-refractivity contribution in [2.75, 3.05) is 5.32 Å². The van der Waals surface area contributed by atoms with Crippen LogP contribution in [-0.4, -0.2) is 29.9 Å². The third-order valence-electron chi connectivity index (χ3n) is 4.51. The van der Waals surface area contributed by atoms with E-state index in [0.717, 1.165) is 19.3 Å². The lowest BCUT2D eigenvalue weighted by Crippen LogP contribution is -2.45. The van der Waals surface area contributed by atoms with Crippen molar-refractivity contribution in [2.24, 2.45) is 5.92 Å². The molecular formula is C19H26N2O4. The number of hydrogen-bond donors (Lipinski definition) is 2. The standard InChI is InChI=1S/C19H26N2O4/c1-12-7-4-5-10-17(12)21-18(23)13(2)25-19(24)15-8-6-9-16(11-15)20-14(3)22/h6,8-9,11-13,17H,4-5,7,10H2,1-3H3,(H,20,22)(H,21,23)/t12-,13+,17-/m0/s1. The molecule has 136 valence electrons. The molecule has 0 heterocycles. The van der Waals surface area contributed by atoms with Gasteiger partial charge < -0.3 is 15.4 Å².